The van der Waals surface area contributed by atoms with E-state index in [0.717, 1.165) is 6.42 Å². The molecule has 2 N–H and O–H groups in total. The van der Waals surface area contributed by atoms with Gasteiger partial charge in [0.15, 0.2) is 0 Å². The molecule has 0 radical (unpaired) electrons. The molecule has 0 heterocycles. The van der Waals surface area contributed by atoms with Crippen molar-refractivity contribution < 1.29 is 13.2 Å². The van der Waals surface area contributed by atoms with E-state index in [0.29, 0.717) is 12.8 Å². The Kier molecular flexibility index (Phi) is 6.85. The van der Waals surface area contributed by atoms with Crippen molar-refractivity contribution in [3.63, 3.8) is 0 Å². The number of amides is 1. The van der Waals surface area contributed by atoms with Gasteiger partial charge in [0.05, 0.1) is 11.0 Å². The van der Waals surface area contributed by atoms with Gasteiger partial charge in [-0.15, -0.1) is 0 Å². The Morgan fingerprint density at radius 1 is 1.33 bits per heavy atom. The monoisotopic (exact) mass is 309 g/mol. The molecular weight excluding hydrogens is 290 g/mol. The van der Waals surface area contributed by atoms with Gasteiger partial charge in [0.25, 0.3) is 0 Å². The molecule has 0 saturated carbocycles. The highest BCUT2D eigenvalue weighted by atomic mass is 32.2. The van der Waals surface area contributed by atoms with Gasteiger partial charge < -0.3 is 5.32 Å². The van der Waals surface area contributed by atoms with E-state index in [9.17, 15) is 13.2 Å². The van der Waals surface area contributed by atoms with Gasteiger partial charge in [-0.3, -0.25) is 4.79 Å². The number of unbranched alkanes of at least 4 members (excludes halogenated alkanes) is 1. The zero-order valence-electron chi connectivity index (χ0n) is 11.9. The van der Waals surface area contributed by atoms with Crippen molar-refractivity contribution in [2.24, 2.45) is 0 Å². The molecule has 0 bridgehead atoms. The lowest BCUT2D eigenvalue weighted by molar-refractivity contribution is -0.122. The van der Waals surface area contributed by atoms with Crippen molar-refractivity contribution >= 4 is 15.9 Å². The maximum Gasteiger partial charge on any atom is 0.241 e. The fraction of sp³-hybridized carbons (Fsp3) is 0.429. The highest BCUT2D eigenvalue weighted by Crippen LogP contribution is 2.10. The molecule has 1 aromatic carbocycles. The molecule has 0 aromatic heterocycles. The fourth-order valence-electron chi connectivity index (χ4n) is 1.76. The number of hydrogen-bond donors (Lipinski definition) is 2. The van der Waals surface area contributed by atoms with E-state index in [1.54, 1.807) is 24.3 Å². The fourth-order valence-corrected chi connectivity index (χ4v) is 3.01. The van der Waals surface area contributed by atoms with Gasteiger partial charge in [-0.1, -0.05) is 38.0 Å². The van der Waals surface area contributed by atoms with Crippen molar-refractivity contribution in [3.8, 4) is 6.07 Å². The summed E-state index contributed by atoms with van der Waals surface area (Å²) in [6.45, 7) is 1.81. The minimum atomic E-state index is -3.75. The summed E-state index contributed by atoms with van der Waals surface area (Å²) in [4.78, 5) is 12.0. The van der Waals surface area contributed by atoms with E-state index in [-0.39, 0.29) is 11.4 Å². The number of sulfonamides is 1. The first-order chi connectivity index (χ1) is 10.0. The summed E-state index contributed by atoms with van der Waals surface area (Å²) in [5.41, 5.74) is 0. The molecule has 0 saturated heterocycles. The summed E-state index contributed by atoms with van der Waals surface area (Å²) in [5, 5.41) is 10.9. The smallest absolute Gasteiger partial charge is 0.241 e. The van der Waals surface area contributed by atoms with Crippen molar-refractivity contribution in [1.82, 2.24) is 10.0 Å². The van der Waals surface area contributed by atoms with Crippen LogP contribution in [0.3, 0.4) is 0 Å². The average molecular weight is 309 g/mol. The molecule has 6 nitrogen and oxygen atoms in total. The van der Waals surface area contributed by atoms with Gasteiger partial charge in [-0.2, -0.15) is 9.98 Å². The first kappa shape index (κ1) is 17.1. The minimum absolute atomic E-state index is 0.111. The Morgan fingerprint density at radius 3 is 2.57 bits per heavy atom. The second-order valence-corrected chi connectivity index (χ2v) is 6.22. The van der Waals surface area contributed by atoms with Crippen LogP contribution in [-0.2, 0) is 14.8 Å². The first-order valence-electron chi connectivity index (χ1n) is 6.73. The van der Waals surface area contributed by atoms with Crippen LogP contribution in [0.2, 0.25) is 0 Å². The Labute approximate surface area is 125 Å². The Balaban J connectivity index is 2.85. The van der Waals surface area contributed by atoms with E-state index in [1.165, 1.54) is 12.1 Å². The van der Waals surface area contributed by atoms with Crippen LogP contribution >= 0.6 is 0 Å². The third-order valence-corrected chi connectivity index (χ3v) is 4.34. The predicted octanol–water partition coefficient (Wildman–Crippen LogP) is 1.16. The number of carbonyl (C=O) groups excluding carboxylic acids is 1. The summed E-state index contributed by atoms with van der Waals surface area (Å²) in [6.07, 6.45) is 1.94. The highest BCUT2D eigenvalue weighted by molar-refractivity contribution is 7.89. The number of nitrogens with zero attached hydrogens (tertiary/aromatic N) is 1. The summed E-state index contributed by atoms with van der Waals surface area (Å²) in [6, 6.07) is 8.80. The van der Waals surface area contributed by atoms with E-state index in [1.807, 2.05) is 6.92 Å². The molecule has 0 aliphatic rings. The first-order valence-corrected chi connectivity index (χ1v) is 8.21. The highest BCUT2D eigenvalue weighted by Gasteiger charge is 2.24. The summed E-state index contributed by atoms with van der Waals surface area (Å²) in [7, 11) is -3.75. The van der Waals surface area contributed by atoms with Gasteiger partial charge in [0.1, 0.15) is 12.6 Å². The lowest BCUT2D eigenvalue weighted by atomic mass is 10.1. The molecule has 0 fully saturated rings. The number of hydrogen-bond acceptors (Lipinski definition) is 4. The Hall–Kier alpha value is -1.91. The van der Waals surface area contributed by atoms with Crippen molar-refractivity contribution in [2.45, 2.75) is 37.1 Å². The normalized spacial score (nSPS) is 12.4. The molecule has 1 rings (SSSR count). The van der Waals surface area contributed by atoms with Crippen molar-refractivity contribution in [1.29, 1.82) is 5.26 Å². The maximum atomic E-state index is 12.2. The predicted molar refractivity (Wildman–Crippen MR) is 78.7 cm³/mol. The molecule has 21 heavy (non-hydrogen) atoms. The summed E-state index contributed by atoms with van der Waals surface area (Å²) >= 11 is 0. The minimum Gasteiger partial charge on any atom is -0.342 e. The van der Waals surface area contributed by atoms with Gasteiger partial charge in [-0.05, 0) is 18.6 Å². The van der Waals surface area contributed by atoms with Crippen LogP contribution in [-0.4, -0.2) is 26.9 Å². The Bertz CT molecular complexity index is 594. The van der Waals surface area contributed by atoms with Gasteiger partial charge in [-0.25, -0.2) is 8.42 Å². The van der Waals surface area contributed by atoms with Gasteiger partial charge in [0, 0.05) is 0 Å². The number of nitrogens with one attached hydrogen (secondary N) is 2. The molecular formula is C14H19N3O3S. The standard InChI is InChI=1S/C14H19N3O3S/c1-2-3-9-13(14(18)16-11-10-15)17-21(19,20)12-7-5-4-6-8-12/h4-8,13,17H,2-3,9,11H2,1H3,(H,16,18)/t13-/m0/s1. The number of carbonyl (C=O) groups is 1. The topological polar surface area (TPSA) is 99.1 Å². The quantitative estimate of drug-likeness (QED) is 0.704. The van der Waals surface area contributed by atoms with E-state index >= 15 is 0 Å². The SMILES string of the molecule is CCCC[C@H](NS(=O)(=O)c1ccccc1)C(=O)NCC#N. The molecule has 1 amide bonds. The molecule has 0 aliphatic carbocycles. The van der Waals surface area contributed by atoms with Crippen LogP contribution in [0, 0.1) is 11.3 Å². The van der Waals surface area contributed by atoms with Gasteiger partial charge >= 0.3 is 0 Å². The van der Waals surface area contributed by atoms with Crippen LogP contribution in [0.5, 0.6) is 0 Å². The third kappa shape index (κ3) is 5.53. The molecule has 0 aliphatic heterocycles. The van der Waals surface area contributed by atoms with Crippen molar-refractivity contribution in [2.75, 3.05) is 6.54 Å². The second-order valence-electron chi connectivity index (χ2n) is 4.51. The maximum absolute atomic E-state index is 12.2. The molecule has 0 spiro atoms. The molecule has 1 atom stereocenters. The van der Waals surface area contributed by atoms with E-state index in [4.69, 9.17) is 5.26 Å². The zero-order valence-corrected chi connectivity index (χ0v) is 12.7. The third-order valence-electron chi connectivity index (χ3n) is 2.86. The van der Waals surface area contributed by atoms with E-state index in [2.05, 4.69) is 10.0 Å². The van der Waals surface area contributed by atoms with Crippen LogP contribution in [0.15, 0.2) is 35.2 Å². The Morgan fingerprint density at radius 2 is 2.00 bits per heavy atom. The number of rotatable bonds is 8. The molecule has 1 aromatic rings. The number of nitriles is 1. The lowest BCUT2D eigenvalue weighted by Gasteiger charge is -2.17. The van der Waals surface area contributed by atoms with Crippen LogP contribution in [0.25, 0.3) is 0 Å². The number of benzene rings is 1. The van der Waals surface area contributed by atoms with Crippen LogP contribution in [0.4, 0.5) is 0 Å². The second kappa shape index (κ2) is 8.39. The van der Waals surface area contributed by atoms with Crippen molar-refractivity contribution in [3.05, 3.63) is 30.3 Å². The molecule has 7 heteroatoms. The largest absolute Gasteiger partial charge is 0.342 e. The molecule has 114 valence electrons. The van der Waals surface area contributed by atoms with Gasteiger partial charge in [0.2, 0.25) is 15.9 Å². The summed E-state index contributed by atoms with van der Waals surface area (Å²) < 4.78 is 26.9. The lowest BCUT2D eigenvalue weighted by Crippen LogP contribution is -2.46. The average Bonchev–Trinajstić information content (AvgIpc) is 2.49. The van der Waals surface area contributed by atoms with E-state index < -0.39 is 22.0 Å². The zero-order chi connectivity index (χ0) is 15.7. The summed E-state index contributed by atoms with van der Waals surface area (Å²) in [5.74, 6) is -0.482. The van der Waals surface area contributed by atoms with Crippen LogP contribution < -0.4 is 10.0 Å². The van der Waals surface area contributed by atoms with Crippen LogP contribution in [0.1, 0.15) is 26.2 Å². The molecule has 0 unspecified atom stereocenters.